The summed E-state index contributed by atoms with van der Waals surface area (Å²) in [4.78, 5) is 0. The predicted molar refractivity (Wildman–Crippen MR) is 36.1 cm³/mol. The van der Waals surface area contributed by atoms with Crippen molar-refractivity contribution in [3.05, 3.63) is 0 Å². The van der Waals surface area contributed by atoms with E-state index in [1.54, 1.807) is 0 Å². The Bertz CT molecular complexity index is 224. The fraction of sp³-hybridized carbons (Fsp3) is 0.750. The van der Waals surface area contributed by atoms with Gasteiger partial charge < -0.3 is 4.74 Å². The molecule has 2 rings (SSSR count). The van der Waals surface area contributed by atoms with Gasteiger partial charge in [0.2, 0.25) is 0 Å². The predicted octanol–water partition coefficient (Wildman–Crippen LogP) is 0.827. The first kappa shape index (κ1) is 6.64. The lowest BCUT2D eigenvalue weighted by Gasteiger charge is -2.16. The van der Waals surface area contributed by atoms with Crippen molar-refractivity contribution in [2.45, 2.75) is 25.0 Å². The van der Waals surface area contributed by atoms with Crippen LogP contribution in [0.25, 0.3) is 0 Å². The zero-order valence-electron chi connectivity index (χ0n) is 6.03. The van der Waals surface area contributed by atoms with Crippen LogP contribution in [-0.4, -0.2) is 12.2 Å². The summed E-state index contributed by atoms with van der Waals surface area (Å²) < 4.78 is 5.24. The highest BCUT2D eigenvalue weighted by Gasteiger charge is 2.48. The van der Waals surface area contributed by atoms with Crippen molar-refractivity contribution >= 4 is 0 Å². The minimum Gasteiger partial charge on any atom is -0.369 e. The third-order valence-corrected chi connectivity index (χ3v) is 2.48. The normalized spacial score (nSPS) is 46.7. The molecule has 56 valence electrons. The Morgan fingerprint density at radius 3 is 1.82 bits per heavy atom. The Morgan fingerprint density at radius 2 is 1.45 bits per heavy atom. The molecule has 1 aliphatic heterocycles. The van der Waals surface area contributed by atoms with E-state index in [9.17, 15) is 0 Å². The average molecular weight is 148 g/mol. The van der Waals surface area contributed by atoms with Gasteiger partial charge in [0.25, 0.3) is 0 Å². The molecule has 0 radical (unpaired) electrons. The van der Waals surface area contributed by atoms with Gasteiger partial charge in [0, 0.05) is 0 Å². The maximum absolute atomic E-state index is 8.67. The Labute approximate surface area is 65.2 Å². The standard InChI is InChI=1S/C8H8N2O/c9-3-5-1-7-8(11-7)2-6(5)4-10/h5-8H,1-2H2/t5-,6+,7-,8-/m1/s1. The molecular weight excluding hydrogens is 140 g/mol. The number of rotatable bonds is 0. The molecule has 3 heteroatoms. The van der Waals surface area contributed by atoms with Crippen molar-refractivity contribution in [2.75, 3.05) is 0 Å². The van der Waals surface area contributed by atoms with Gasteiger partial charge in [-0.25, -0.2) is 0 Å². The molecule has 1 saturated heterocycles. The van der Waals surface area contributed by atoms with Crippen LogP contribution in [0, 0.1) is 34.5 Å². The number of hydrogen-bond donors (Lipinski definition) is 0. The molecule has 0 amide bonds. The summed E-state index contributed by atoms with van der Waals surface area (Å²) in [5.41, 5.74) is 0. The van der Waals surface area contributed by atoms with Gasteiger partial charge >= 0.3 is 0 Å². The van der Waals surface area contributed by atoms with Crippen molar-refractivity contribution in [3.63, 3.8) is 0 Å². The van der Waals surface area contributed by atoms with Crippen LogP contribution in [0.1, 0.15) is 12.8 Å². The Morgan fingerprint density at radius 1 is 1.00 bits per heavy atom. The van der Waals surface area contributed by atoms with Crippen molar-refractivity contribution in [1.29, 1.82) is 10.5 Å². The Balaban J connectivity index is 2.08. The number of epoxide rings is 1. The molecular formula is C8H8N2O. The summed E-state index contributed by atoms with van der Waals surface area (Å²) in [5.74, 6) is -0.188. The van der Waals surface area contributed by atoms with Gasteiger partial charge in [-0.2, -0.15) is 10.5 Å². The number of nitrogens with zero attached hydrogens (tertiary/aromatic N) is 2. The summed E-state index contributed by atoms with van der Waals surface area (Å²) >= 11 is 0. The Hall–Kier alpha value is -1.06. The second-order valence-electron chi connectivity index (χ2n) is 3.16. The summed E-state index contributed by atoms with van der Waals surface area (Å²) in [5, 5.41) is 17.3. The SMILES string of the molecule is N#C[C@@H]1C[C@H]2O[C@@H]2C[C@@H]1C#N. The maximum Gasteiger partial charge on any atom is 0.0855 e. The molecule has 0 unspecified atom stereocenters. The van der Waals surface area contributed by atoms with Gasteiger partial charge in [0.15, 0.2) is 0 Å². The number of fused-ring (bicyclic) bond motifs is 1. The number of ether oxygens (including phenoxy) is 1. The second kappa shape index (κ2) is 2.22. The smallest absolute Gasteiger partial charge is 0.0855 e. The summed E-state index contributed by atoms with van der Waals surface area (Å²) in [6.07, 6.45) is 2.12. The van der Waals surface area contributed by atoms with Crippen molar-refractivity contribution in [3.8, 4) is 12.1 Å². The van der Waals surface area contributed by atoms with E-state index in [1.807, 2.05) is 0 Å². The molecule has 0 aromatic heterocycles. The quantitative estimate of drug-likeness (QED) is 0.478. The Kier molecular flexibility index (Phi) is 1.34. The van der Waals surface area contributed by atoms with Gasteiger partial charge in [-0.1, -0.05) is 0 Å². The molecule has 1 aliphatic carbocycles. The first-order chi connectivity index (χ1) is 5.35. The van der Waals surface area contributed by atoms with E-state index in [2.05, 4.69) is 12.1 Å². The lowest BCUT2D eigenvalue weighted by molar-refractivity contribution is 0.370. The van der Waals surface area contributed by atoms with Crippen molar-refractivity contribution < 1.29 is 4.74 Å². The number of nitriles is 2. The molecule has 0 aromatic rings. The van der Waals surface area contributed by atoms with Gasteiger partial charge in [-0.15, -0.1) is 0 Å². The molecule has 0 N–H and O–H groups in total. The molecule has 1 saturated carbocycles. The van der Waals surface area contributed by atoms with Crippen LogP contribution < -0.4 is 0 Å². The highest BCUT2D eigenvalue weighted by molar-refractivity contribution is 5.08. The van der Waals surface area contributed by atoms with Gasteiger partial charge in [0.1, 0.15) is 0 Å². The maximum atomic E-state index is 8.67. The zero-order chi connectivity index (χ0) is 7.84. The molecule has 4 atom stereocenters. The van der Waals surface area contributed by atoms with E-state index in [4.69, 9.17) is 15.3 Å². The molecule has 2 fully saturated rings. The number of hydrogen-bond acceptors (Lipinski definition) is 3. The van der Waals surface area contributed by atoms with Crippen LogP contribution >= 0.6 is 0 Å². The van der Waals surface area contributed by atoms with Crippen LogP contribution in [0.2, 0.25) is 0 Å². The summed E-state index contributed by atoms with van der Waals surface area (Å²) in [7, 11) is 0. The molecule has 2 aliphatic rings. The van der Waals surface area contributed by atoms with Crippen molar-refractivity contribution in [1.82, 2.24) is 0 Å². The minimum absolute atomic E-state index is 0.0938. The fourth-order valence-corrected chi connectivity index (χ4v) is 1.71. The van der Waals surface area contributed by atoms with E-state index in [0.29, 0.717) is 12.2 Å². The minimum atomic E-state index is -0.0938. The van der Waals surface area contributed by atoms with Crippen LogP contribution in [-0.2, 0) is 4.74 Å². The van der Waals surface area contributed by atoms with Crippen molar-refractivity contribution in [2.24, 2.45) is 11.8 Å². The fourth-order valence-electron chi connectivity index (χ4n) is 1.71. The first-order valence-electron chi connectivity index (χ1n) is 3.80. The highest BCUT2D eigenvalue weighted by atomic mass is 16.6. The molecule has 0 bridgehead atoms. The van der Waals surface area contributed by atoms with Crippen LogP contribution in [0.15, 0.2) is 0 Å². The molecule has 1 heterocycles. The van der Waals surface area contributed by atoms with Crippen LogP contribution in [0.4, 0.5) is 0 Å². The molecule has 0 aromatic carbocycles. The first-order valence-corrected chi connectivity index (χ1v) is 3.80. The van der Waals surface area contributed by atoms with E-state index in [1.165, 1.54) is 0 Å². The third-order valence-electron chi connectivity index (χ3n) is 2.48. The summed E-state index contributed by atoms with van der Waals surface area (Å²) in [6.45, 7) is 0. The summed E-state index contributed by atoms with van der Waals surface area (Å²) in [6, 6.07) is 4.32. The zero-order valence-corrected chi connectivity index (χ0v) is 6.03. The highest BCUT2D eigenvalue weighted by Crippen LogP contribution is 2.42. The van der Waals surface area contributed by atoms with Crippen LogP contribution in [0.5, 0.6) is 0 Å². The largest absolute Gasteiger partial charge is 0.369 e. The van der Waals surface area contributed by atoms with Crippen LogP contribution in [0.3, 0.4) is 0 Å². The molecule has 0 spiro atoms. The monoisotopic (exact) mass is 148 g/mol. The third kappa shape index (κ3) is 0.982. The van der Waals surface area contributed by atoms with Gasteiger partial charge in [-0.05, 0) is 12.8 Å². The van der Waals surface area contributed by atoms with E-state index >= 15 is 0 Å². The molecule has 3 nitrogen and oxygen atoms in total. The van der Waals surface area contributed by atoms with Gasteiger partial charge in [0.05, 0.1) is 36.2 Å². The molecule has 11 heavy (non-hydrogen) atoms. The lowest BCUT2D eigenvalue weighted by atomic mass is 9.81. The second-order valence-corrected chi connectivity index (χ2v) is 3.16. The average Bonchev–Trinajstić information content (AvgIpc) is 2.79. The topological polar surface area (TPSA) is 60.1 Å². The van der Waals surface area contributed by atoms with Gasteiger partial charge in [-0.3, -0.25) is 0 Å². The van der Waals surface area contributed by atoms with E-state index in [0.717, 1.165) is 12.8 Å². The van der Waals surface area contributed by atoms with E-state index in [-0.39, 0.29) is 11.8 Å². The lowest BCUT2D eigenvalue weighted by Crippen LogP contribution is -2.21. The van der Waals surface area contributed by atoms with E-state index < -0.39 is 0 Å².